The summed E-state index contributed by atoms with van der Waals surface area (Å²) in [6.07, 6.45) is 5.73. The Morgan fingerprint density at radius 1 is 1.30 bits per heavy atom. The van der Waals surface area contributed by atoms with Crippen molar-refractivity contribution in [2.75, 3.05) is 7.11 Å². The minimum atomic E-state index is -0.214. The van der Waals surface area contributed by atoms with Gasteiger partial charge in [0.2, 0.25) is 5.91 Å². The molecule has 1 aliphatic carbocycles. The summed E-state index contributed by atoms with van der Waals surface area (Å²) in [6, 6.07) is 7.78. The Morgan fingerprint density at radius 3 is 2.40 bits per heavy atom. The van der Waals surface area contributed by atoms with E-state index in [9.17, 15) is 4.79 Å². The molecule has 1 aromatic rings. The molecule has 4 nitrogen and oxygen atoms in total. The Bertz CT molecular complexity index is 450. The number of benzene rings is 1. The van der Waals surface area contributed by atoms with Gasteiger partial charge in [-0.2, -0.15) is 0 Å². The van der Waals surface area contributed by atoms with Gasteiger partial charge in [0.05, 0.1) is 7.11 Å². The number of rotatable bonds is 6. The predicted molar refractivity (Wildman–Crippen MR) is 79.3 cm³/mol. The van der Waals surface area contributed by atoms with E-state index in [-0.39, 0.29) is 17.4 Å². The van der Waals surface area contributed by atoms with Crippen LogP contribution in [-0.4, -0.2) is 13.0 Å². The van der Waals surface area contributed by atoms with Crippen LogP contribution in [-0.2, 0) is 4.79 Å². The number of ether oxygens (including phenoxy) is 1. The quantitative estimate of drug-likeness (QED) is 0.838. The van der Waals surface area contributed by atoms with Crippen molar-refractivity contribution in [1.82, 2.24) is 0 Å². The number of carbonyl (C=O) groups excluding carboxylic acids is 1. The zero-order valence-corrected chi connectivity index (χ0v) is 12.1. The van der Waals surface area contributed by atoms with Crippen molar-refractivity contribution >= 4 is 5.91 Å². The second kappa shape index (κ2) is 6.27. The molecule has 4 N–H and O–H groups in total. The van der Waals surface area contributed by atoms with Gasteiger partial charge >= 0.3 is 0 Å². The Labute approximate surface area is 120 Å². The average Bonchev–Trinajstić information content (AvgIpc) is 2.86. The van der Waals surface area contributed by atoms with Crippen LogP contribution in [0.1, 0.15) is 50.1 Å². The van der Waals surface area contributed by atoms with Gasteiger partial charge in [-0.05, 0) is 42.4 Å². The molecule has 1 fully saturated rings. The number of methoxy groups -OCH3 is 1. The maximum atomic E-state index is 11.3. The minimum Gasteiger partial charge on any atom is -0.497 e. The minimum absolute atomic E-state index is 0.00514. The fraction of sp³-hybridized carbons (Fsp3) is 0.562. The standard InChI is InChI=1S/C16H24N2O2/c1-20-13-6-4-12(5-7-13)14(17)10-16(11-15(18)19)8-2-3-9-16/h4-7,14H,2-3,8-11,17H2,1H3,(H2,18,19). The molecule has 2 rings (SSSR count). The van der Waals surface area contributed by atoms with E-state index in [1.54, 1.807) is 7.11 Å². The van der Waals surface area contributed by atoms with Crippen molar-refractivity contribution in [3.8, 4) is 5.75 Å². The number of amides is 1. The number of primary amides is 1. The lowest BCUT2D eigenvalue weighted by molar-refractivity contribution is -0.120. The number of nitrogens with two attached hydrogens (primary N) is 2. The van der Waals surface area contributed by atoms with Crippen LogP contribution >= 0.6 is 0 Å². The van der Waals surface area contributed by atoms with Crippen molar-refractivity contribution < 1.29 is 9.53 Å². The fourth-order valence-electron chi connectivity index (χ4n) is 3.38. The molecule has 0 spiro atoms. The van der Waals surface area contributed by atoms with E-state index in [0.29, 0.717) is 6.42 Å². The van der Waals surface area contributed by atoms with Crippen LogP contribution in [0.15, 0.2) is 24.3 Å². The molecule has 1 amide bonds. The monoisotopic (exact) mass is 276 g/mol. The molecule has 110 valence electrons. The third kappa shape index (κ3) is 3.51. The van der Waals surface area contributed by atoms with Crippen LogP contribution in [0.25, 0.3) is 0 Å². The van der Waals surface area contributed by atoms with E-state index in [0.717, 1.165) is 30.6 Å². The Morgan fingerprint density at radius 2 is 1.90 bits per heavy atom. The molecule has 1 atom stereocenters. The highest BCUT2D eigenvalue weighted by Crippen LogP contribution is 2.46. The summed E-state index contributed by atoms with van der Waals surface area (Å²) in [5.74, 6) is 0.613. The summed E-state index contributed by atoms with van der Waals surface area (Å²) in [4.78, 5) is 11.3. The van der Waals surface area contributed by atoms with Gasteiger partial charge in [0.15, 0.2) is 0 Å². The van der Waals surface area contributed by atoms with E-state index in [1.807, 2.05) is 24.3 Å². The maximum absolute atomic E-state index is 11.3. The first-order valence-corrected chi connectivity index (χ1v) is 7.22. The Balaban J connectivity index is 2.07. The van der Waals surface area contributed by atoms with Crippen LogP contribution in [0.5, 0.6) is 5.75 Å². The van der Waals surface area contributed by atoms with E-state index >= 15 is 0 Å². The van der Waals surface area contributed by atoms with Crippen molar-refractivity contribution in [1.29, 1.82) is 0 Å². The molecule has 1 aliphatic rings. The summed E-state index contributed by atoms with van der Waals surface area (Å²) in [7, 11) is 1.65. The largest absolute Gasteiger partial charge is 0.497 e. The predicted octanol–water partition coefficient (Wildman–Crippen LogP) is 2.52. The van der Waals surface area contributed by atoms with Crippen molar-refractivity contribution in [2.24, 2.45) is 16.9 Å². The van der Waals surface area contributed by atoms with Crippen LogP contribution in [0, 0.1) is 5.41 Å². The SMILES string of the molecule is COc1ccc(C(N)CC2(CC(N)=O)CCCC2)cc1. The van der Waals surface area contributed by atoms with Crippen molar-refractivity contribution in [3.05, 3.63) is 29.8 Å². The van der Waals surface area contributed by atoms with Gasteiger partial charge < -0.3 is 16.2 Å². The fourth-order valence-corrected chi connectivity index (χ4v) is 3.38. The Kier molecular flexibility index (Phi) is 4.65. The highest BCUT2D eigenvalue weighted by molar-refractivity contribution is 5.74. The third-order valence-corrected chi connectivity index (χ3v) is 4.41. The molecule has 0 saturated heterocycles. The summed E-state index contributed by atoms with van der Waals surface area (Å²) < 4.78 is 5.15. The van der Waals surface area contributed by atoms with E-state index in [1.165, 1.54) is 12.8 Å². The van der Waals surface area contributed by atoms with Crippen LogP contribution in [0.2, 0.25) is 0 Å². The first-order valence-electron chi connectivity index (χ1n) is 7.22. The van der Waals surface area contributed by atoms with Gasteiger partial charge in [0, 0.05) is 12.5 Å². The zero-order valence-electron chi connectivity index (χ0n) is 12.1. The van der Waals surface area contributed by atoms with Gasteiger partial charge in [-0.25, -0.2) is 0 Å². The molecule has 0 radical (unpaired) electrons. The summed E-state index contributed by atoms with van der Waals surface area (Å²) in [5, 5.41) is 0. The first kappa shape index (κ1) is 14.9. The third-order valence-electron chi connectivity index (χ3n) is 4.41. The van der Waals surface area contributed by atoms with Gasteiger partial charge in [-0.1, -0.05) is 25.0 Å². The lowest BCUT2D eigenvalue weighted by atomic mass is 9.76. The summed E-state index contributed by atoms with van der Waals surface area (Å²) >= 11 is 0. The average molecular weight is 276 g/mol. The van der Waals surface area contributed by atoms with Gasteiger partial charge in [-0.15, -0.1) is 0 Å². The smallest absolute Gasteiger partial charge is 0.217 e. The Hall–Kier alpha value is -1.55. The van der Waals surface area contributed by atoms with E-state index in [4.69, 9.17) is 16.2 Å². The molecule has 1 aromatic carbocycles. The molecule has 0 bridgehead atoms. The van der Waals surface area contributed by atoms with Crippen LogP contribution in [0.3, 0.4) is 0 Å². The molecule has 1 unspecified atom stereocenters. The van der Waals surface area contributed by atoms with Crippen molar-refractivity contribution in [2.45, 2.75) is 44.6 Å². The lowest BCUT2D eigenvalue weighted by Crippen LogP contribution is -2.29. The second-order valence-corrected chi connectivity index (χ2v) is 5.93. The zero-order chi connectivity index (χ0) is 14.6. The molecule has 1 saturated carbocycles. The van der Waals surface area contributed by atoms with E-state index < -0.39 is 0 Å². The molecule has 4 heteroatoms. The van der Waals surface area contributed by atoms with Gasteiger partial charge in [0.1, 0.15) is 5.75 Å². The summed E-state index contributed by atoms with van der Waals surface area (Å²) in [6.45, 7) is 0. The lowest BCUT2D eigenvalue weighted by Gasteiger charge is -2.30. The van der Waals surface area contributed by atoms with Gasteiger partial charge in [-0.3, -0.25) is 4.79 Å². The molecular weight excluding hydrogens is 252 g/mol. The number of carbonyl (C=O) groups is 1. The van der Waals surface area contributed by atoms with Crippen LogP contribution < -0.4 is 16.2 Å². The molecular formula is C16H24N2O2. The number of hydrogen-bond acceptors (Lipinski definition) is 3. The van der Waals surface area contributed by atoms with Crippen LogP contribution in [0.4, 0.5) is 0 Å². The van der Waals surface area contributed by atoms with Crippen molar-refractivity contribution in [3.63, 3.8) is 0 Å². The van der Waals surface area contributed by atoms with E-state index in [2.05, 4.69) is 0 Å². The summed E-state index contributed by atoms with van der Waals surface area (Å²) in [5.41, 5.74) is 12.8. The highest BCUT2D eigenvalue weighted by Gasteiger charge is 2.36. The number of hydrogen-bond donors (Lipinski definition) is 2. The topological polar surface area (TPSA) is 78.3 Å². The first-order chi connectivity index (χ1) is 9.54. The van der Waals surface area contributed by atoms with Gasteiger partial charge in [0.25, 0.3) is 0 Å². The molecule has 0 aliphatic heterocycles. The molecule has 0 aromatic heterocycles. The molecule has 0 heterocycles. The maximum Gasteiger partial charge on any atom is 0.217 e. The second-order valence-electron chi connectivity index (χ2n) is 5.93. The normalized spacial score (nSPS) is 18.7. The molecule has 20 heavy (non-hydrogen) atoms. The highest BCUT2D eigenvalue weighted by atomic mass is 16.5.